The van der Waals surface area contributed by atoms with Crippen molar-refractivity contribution in [2.45, 2.75) is 57.5 Å². The minimum absolute atomic E-state index is 0.297. The Morgan fingerprint density at radius 2 is 1.78 bits per heavy atom. The van der Waals surface area contributed by atoms with Crippen molar-refractivity contribution in [3.63, 3.8) is 0 Å². The van der Waals surface area contributed by atoms with E-state index in [2.05, 4.69) is 15.0 Å². The quantitative estimate of drug-likeness (QED) is 0.891. The molecule has 0 aromatic carbocycles. The first kappa shape index (κ1) is 13.2. The van der Waals surface area contributed by atoms with Gasteiger partial charge in [0.2, 0.25) is 5.95 Å². The third kappa shape index (κ3) is 2.77. The van der Waals surface area contributed by atoms with Crippen LogP contribution in [-0.2, 0) is 10.3 Å². The van der Waals surface area contributed by atoms with Crippen molar-refractivity contribution in [1.82, 2.24) is 15.0 Å². The summed E-state index contributed by atoms with van der Waals surface area (Å²) in [6.07, 6.45) is 6.11. The molecular weight excluding hydrogens is 228 g/mol. The molecule has 0 atom stereocenters. The van der Waals surface area contributed by atoms with Gasteiger partial charge in [0.1, 0.15) is 11.4 Å². The summed E-state index contributed by atoms with van der Waals surface area (Å²) in [5.74, 6) is 2.18. The second-order valence-electron chi connectivity index (χ2n) is 5.42. The van der Waals surface area contributed by atoms with E-state index in [0.717, 1.165) is 18.7 Å². The van der Waals surface area contributed by atoms with Gasteiger partial charge in [-0.1, -0.05) is 19.3 Å². The number of nitrogens with two attached hydrogens (primary N) is 1. The molecule has 2 N–H and O–H groups in total. The summed E-state index contributed by atoms with van der Waals surface area (Å²) in [4.78, 5) is 13.1. The zero-order valence-corrected chi connectivity index (χ0v) is 11.4. The van der Waals surface area contributed by atoms with E-state index < -0.39 is 5.60 Å². The SMILES string of the molecule is COC(C)(C)c1nc(N)nc(C2CCCCC2)n1. The summed E-state index contributed by atoms with van der Waals surface area (Å²) in [6.45, 7) is 3.87. The number of methoxy groups -OCH3 is 1. The topological polar surface area (TPSA) is 73.9 Å². The first-order valence-corrected chi connectivity index (χ1v) is 6.60. The molecule has 18 heavy (non-hydrogen) atoms. The van der Waals surface area contributed by atoms with Gasteiger partial charge in [-0.25, -0.2) is 4.98 Å². The Morgan fingerprint density at radius 3 is 2.39 bits per heavy atom. The Morgan fingerprint density at radius 1 is 1.11 bits per heavy atom. The van der Waals surface area contributed by atoms with Crippen LogP contribution in [0, 0.1) is 0 Å². The van der Waals surface area contributed by atoms with Gasteiger partial charge in [-0.05, 0) is 26.7 Å². The van der Waals surface area contributed by atoms with Gasteiger partial charge in [0.15, 0.2) is 5.82 Å². The Bertz CT molecular complexity index is 413. The Hall–Kier alpha value is -1.23. The molecule has 0 spiro atoms. The van der Waals surface area contributed by atoms with E-state index in [-0.39, 0.29) is 0 Å². The number of aromatic nitrogens is 3. The van der Waals surface area contributed by atoms with Gasteiger partial charge in [0.05, 0.1) is 0 Å². The van der Waals surface area contributed by atoms with E-state index in [1.54, 1.807) is 7.11 Å². The van der Waals surface area contributed by atoms with Gasteiger partial charge in [-0.2, -0.15) is 9.97 Å². The largest absolute Gasteiger partial charge is 0.371 e. The van der Waals surface area contributed by atoms with Crippen molar-refractivity contribution < 1.29 is 4.74 Å². The minimum atomic E-state index is -0.527. The predicted octanol–water partition coefficient (Wildman–Crippen LogP) is 2.38. The molecule has 1 aromatic heterocycles. The zero-order valence-electron chi connectivity index (χ0n) is 11.4. The van der Waals surface area contributed by atoms with Gasteiger partial charge < -0.3 is 10.5 Å². The lowest BCUT2D eigenvalue weighted by molar-refractivity contribution is 0.0111. The number of hydrogen-bond donors (Lipinski definition) is 1. The fourth-order valence-corrected chi connectivity index (χ4v) is 2.31. The lowest BCUT2D eigenvalue weighted by Crippen LogP contribution is -2.25. The van der Waals surface area contributed by atoms with Gasteiger partial charge in [-0.3, -0.25) is 0 Å². The molecule has 2 rings (SSSR count). The van der Waals surface area contributed by atoms with Crippen LogP contribution in [0.5, 0.6) is 0 Å². The van der Waals surface area contributed by atoms with Crippen molar-refractivity contribution in [3.8, 4) is 0 Å². The molecule has 100 valence electrons. The number of anilines is 1. The van der Waals surface area contributed by atoms with Crippen LogP contribution in [0.3, 0.4) is 0 Å². The maximum atomic E-state index is 5.80. The third-order valence-electron chi connectivity index (χ3n) is 3.69. The molecule has 5 heteroatoms. The Kier molecular flexibility index (Phi) is 3.80. The third-order valence-corrected chi connectivity index (χ3v) is 3.69. The lowest BCUT2D eigenvalue weighted by Gasteiger charge is -2.24. The highest BCUT2D eigenvalue weighted by molar-refractivity contribution is 5.20. The average Bonchev–Trinajstić information content (AvgIpc) is 2.39. The fourth-order valence-electron chi connectivity index (χ4n) is 2.31. The summed E-state index contributed by atoms with van der Waals surface area (Å²) in [5.41, 5.74) is 5.27. The molecule has 1 aliphatic carbocycles. The molecule has 1 saturated carbocycles. The standard InChI is InChI=1S/C13H22N4O/c1-13(2,18-3)11-15-10(16-12(14)17-11)9-7-5-4-6-8-9/h9H,4-8H2,1-3H3,(H2,14,15,16,17). The Labute approximate surface area is 108 Å². The molecule has 0 bridgehead atoms. The van der Waals surface area contributed by atoms with Crippen LogP contribution in [-0.4, -0.2) is 22.1 Å². The molecule has 5 nitrogen and oxygen atoms in total. The van der Waals surface area contributed by atoms with Gasteiger partial charge in [-0.15, -0.1) is 0 Å². The second-order valence-corrected chi connectivity index (χ2v) is 5.42. The molecule has 1 aliphatic rings. The smallest absolute Gasteiger partial charge is 0.223 e. The number of nitrogen functional groups attached to an aromatic ring is 1. The predicted molar refractivity (Wildman–Crippen MR) is 70.1 cm³/mol. The van der Waals surface area contributed by atoms with E-state index in [0.29, 0.717) is 17.7 Å². The van der Waals surface area contributed by atoms with Crippen molar-refractivity contribution in [3.05, 3.63) is 11.6 Å². The van der Waals surface area contributed by atoms with Crippen molar-refractivity contribution in [1.29, 1.82) is 0 Å². The molecule has 1 heterocycles. The highest BCUT2D eigenvalue weighted by Gasteiger charge is 2.27. The van der Waals surface area contributed by atoms with E-state index in [4.69, 9.17) is 10.5 Å². The normalized spacial score (nSPS) is 17.9. The van der Waals surface area contributed by atoms with E-state index in [9.17, 15) is 0 Å². The number of ether oxygens (including phenoxy) is 1. The van der Waals surface area contributed by atoms with Crippen LogP contribution in [0.1, 0.15) is 63.5 Å². The zero-order chi connectivity index (χ0) is 13.2. The summed E-state index contributed by atoms with van der Waals surface area (Å²) in [6, 6.07) is 0. The van der Waals surface area contributed by atoms with Crippen molar-refractivity contribution in [2.75, 3.05) is 12.8 Å². The highest BCUT2D eigenvalue weighted by atomic mass is 16.5. The van der Waals surface area contributed by atoms with Crippen LogP contribution >= 0.6 is 0 Å². The summed E-state index contributed by atoms with van der Waals surface area (Å²) in [5, 5.41) is 0. The average molecular weight is 250 g/mol. The lowest BCUT2D eigenvalue weighted by atomic mass is 9.88. The fraction of sp³-hybridized carbons (Fsp3) is 0.769. The molecule has 0 amide bonds. The summed E-state index contributed by atoms with van der Waals surface area (Å²) in [7, 11) is 1.65. The molecule has 0 unspecified atom stereocenters. The number of nitrogens with zero attached hydrogens (tertiary/aromatic N) is 3. The molecule has 0 aliphatic heterocycles. The van der Waals surface area contributed by atoms with Crippen molar-refractivity contribution in [2.24, 2.45) is 0 Å². The van der Waals surface area contributed by atoms with E-state index >= 15 is 0 Å². The van der Waals surface area contributed by atoms with Crippen LogP contribution in [0.2, 0.25) is 0 Å². The molecule has 0 radical (unpaired) electrons. The van der Waals surface area contributed by atoms with Crippen LogP contribution in [0.15, 0.2) is 0 Å². The number of rotatable bonds is 3. The summed E-state index contributed by atoms with van der Waals surface area (Å²) < 4.78 is 5.41. The van der Waals surface area contributed by atoms with Crippen LogP contribution < -0.4 is 5.73 Å². The monoisotopic (exact) mass is 250 g/mol. The molecule has 1 aromatic rings. The minimum Gasteiger partial charge on any atom is -0.371 e. The maximum absolute atomic E-state index is 5.80. The molecule has 1 fully saturated rings. The highest BCUT2D eigenvalue weighted by Crippen LogP contribution is 2.31. The maximum Gasteiger partial charge on any atom is 0.223 e. The van der Waals surface area contributed by atoms with Crippen LogP contribution in [0.25, 0.3) is 0 Å². The molecule has 0 saturated heterocycles. The molecular formula is C13H22N4O. The summed E-state index contributed by atoms with van der Waals surface area (Å²) >= 11 is 0. The first-order chi connectivity index (χ1) is 8.53. The van der Waals surface area contributed by atoms with E-state index in [1.807, 2.05) is 13.8 Å². The number of hydrogen-bond acceptors (Lipinski definition) is 5. The van der Waals surface area contributed by atoms with Gasteiger partial charge in [0.25, 0.3) is 0 Å². The van der Waals surface area contributed by atoms with Crippen molar-refractivity contribution >= 4 is 5.95 Å². The van der Waals surface area contributed by atoms with Gasteiger partial charge >= 0.3 is 0 Å². The first-order valence-electron chi connectivity index (χ1n) is 6.60. The van der Waals surface area contributed by atoms with Crippen LogP contribution in [0.4, 0.5) is 5.95 Å². The second kappa shape index (κ2) is 5.18. The van der Waals surface area contributed by atoms with Gasteiger partial charge in [0, 0.05) is 13.0 Å². The van der Waals surface area contributed by atoms with E-state index in [1.165, 1.54) is 19.3 Å². The Balaban J connectivity index is 2.31.